The van der Waals surface area contributed by atoms with Gasteiger partial charge in [-0.3, -0.25) is 33.7 Å². The lowest BCUT2D eigenvalue weighted by Crippen LogP contribution is -2.54. The summed E-state index contributed by atoms with van der Waals surface area (Å²) < 4.78 is 11.6. The van der Waals surface area contributed by atoms with Gasteiger partial charge in [0.15, 0.2) is 5.82 Å². The van der Waals surface area contributed by atoms with E-state index in [4.69, 9.17) is 20.2 Å². The zero-order chi connectivity index (χ0) is 51.1. The first-order valence-electron chi connectivity index (χ1n) is 24.5. The SMILES string of the molecule is CCCCOc1nc(CC(=O)OCc2ccc(NC(=O)[C@H](CCCNC(N)=O)NC(=O)[C@@H](NC(=O)CCCC(=O)NCCC=O)C(C)C)cc2)c2c(n1)N(Cc1cccc(CN3CCCC3)c1)CC(=O)N2. The fourth-order valence-electron chi connectivity index (χ4n) is 8.00. The van der Waals surface area contributed by atoms with Gasteiger partial charge < -0.3 is 56.8 Å². The second-order valence-electron chi connectivity index (χ2n) is 18.0. The number of carbonyl (C=O) groups excluding carboxylic acids is 8. The Morgan fingerprint density at radius 3 is 2.30 bits per heavy atom. The third-order valence-electron chi connectivity index (χ3n) is 11.7. The molecule has 5 rings (SSSR count). The van der Waals surface area contributed by atoms with Crippen LogP contribution in [0.15, 0.2) is 48.5 Å². The molecular formula is C50H69N11O10. The lowest BCUT2D eigenvalue weighted by atomic mass is 10.0. The van der Waals surface area contributed by atoms with Crippen molar-refractivity contribution in [3.63, 3.8) is 0 Å². The van der Waals surface area contributed by atoms with Crippen LogP contribution in [-0.2, 0) is 64.4 Å². The molecule has 21 heteroatoms. The lowest BCUT2D eigenvalue weighted by molar-refractivity contribution is -0.144. The number of benzene rings is 2. The number of urea groups is 1. The monoisotopic (exact) mass is 984 g/mol. The summed E-state index contributed by atoms with van der Waals surface area (Å²) >= 11 is 0. The number of esters is 1. The summed E-state index contributed by atoms with van der Waals surface area (Å²) in [6.45, 7) is 9.61. The number of unbranched alkanes of at least 4 members (excludes halogenated alkanes) is 1. The van der Waals surface area contributed by atoms with Crippen molar-refractivity contribution in [2.75, 3.05) is 54.9 Å². The van der Waals surface area contributed by atoms with Crippen LogP contribution in [-0.4, -0.2) is 114 Å². The highest BCUT2D eigenvalue weighted by Gasteiger charge is 2.31. The maximum absolute atomic E-state index is 13.7. The molecule has 384 valence electrons. The molecule has 2 aliphatic heterocycles. The van der Waals surface area contributed by atoms with E-state index in [1.54, 1.807) is 38.1 Å². The Bertz CT molecular complexity index is 2310. The van der Waals surface area contributed by atoms with E-state index in [0.29, 0.717) is 42.2 Å². The zero-order valence-electron chi connectivity index (χ0n) is 41.0. The molecule has 2 atom stereocenters. The van der Waals surface area contributed by atoms with Crippen molar-refractivity contribution < 1.29 is 47.8 Å². The molecule has 3 heterocycles. The zero-order valence-corrected chi connectivity index (χ0v) is 41.0. The quantitative estimate of drug-likeness (QED) is 0.0298. The predicted molar refractivity (Wildman–Crippen MR) is 265 cm³/mol. The maximum Gasteiger partial charge on any atom is 0.318 e. The molecule has 1 saturated heterocycles. The number of hydrogen-bond donors (Lipinski definition) is 7. The molecule has 1 aromatic heterocycles. The number of nitrogens with one attached hydrogen (secondary N) is 6. The summed E-state index contributed by atoms with van der Waals surface area (Å²) in [4.78, 5) is 114. The second-order valence-corrected chi connectivity index (χ2v) is 18.0. The molecule has 2 aliphatic rings. The number of nitrogens with zero attached hydrogens (tertiary/aromatic N) is 4. The number of fused-ring (bicyclic) bond motifs is 1. The average Bonchev–Trinajstić information content (AvgIpc) is 3.85. The molecule has 0 spiro atoms. The van der Waals surface area contributed by atoms with Crippen molar-refractivity contribution in [2.45, 2.75) is 123 Å². The van der Waals surface area contributed by atoms with Crippen LogP contribution >= 0.6 is 0 Å². The standard InChI is InChI=1S/C50H69N11O10/c1-4-5-26-70-50-56-39(45-46(59-50)61(31-42(65)58-45)30-36-13-8-12-35(27-36)29-60-23-6-7-24-60)28-43(66)71-32-34-17-19-37(20-18-34)54-47(67)38(14-10-21-53-49(51)69)55-48(68)44(33(2)3)57-41(64)16-9-15-40(63)52-22-11-25-62/h8,12-13,17-20,25,27,33,38,44H,4-7,9-11,14-16,21-24,26,28-32H2,1-3H3,(H,52,63)(H,54,67)(H,55,68)(H,57,64)(H,58,65)(H3,51,53,69)/t38-,44-/m0/s1. The number of nitrogens with two attached hydrogens (primary N) is 1. The van der Waals surface area contributed by atoms with Gasteiger partial charge in [-0.05, 0) is 86.4 Å². The Labute approximate surface area is 414 Å². The van der Waals surface area contributed by atoms with E-state index in [1.807, 2.05) is 24.0 Å². The average molecular weight is 984 g/mol. The fraction of sp³-hybridized carbons (Fsp3) is 0.520. The normalized spacial score (nSPS) is 14.1. The molecule has 0 saturated carbocycles. The number of carbonyl (C=O) groups is 8. The Hall–Kier alpha value is -7.16. The summed E-state index contributed by atoms with van der Waals surface area (Å²) in [7, 11) is 0. The first kappa shape index (κ1) is 54.8. The fourth-order valence-corrected chi connectivity index (χ4v) is 8.00. The minimum Gasteiger partial charge on any atom is -0.463 e. The molecule has 0 bridgehead atoms. The van der Waals surface area contributed by atoms with Gasteiger partial charge in [0.05, 0.1) is 25.3 Å². The molecule has 0 aliphatic carbocycles. The summed E-state index contributed by atoms with van der Waals surface area (Å²) in [5.74, 6) is -2.70. The number of rotatable bonds is 29. The first-order valence-corrected chi connectivity index (χ1v) is 24.5. The van der Waals surface area contributed by atoms with Crippen molar-refractivity contribution in [2.24, 2.45) is 11.7 Å². The second kappa shape index (κ2) is 28.5. The molecule has 2 aromatic carbocycles. The topological polar surface area (TPSA) is 285 Å². The van der Waals surface area contributed by atoms with Gasteiger partial charge in [0.25, 0.3) is 0 Å². The van der Waals surface area contributed by atoms with Gasteiger partial charge in [0.2, 0.25) is 29.5 Å². The number of primary amides is 1. The number of anilines is 3. The van der Waals surface area contributed by atoms with Gasteiger partial charge in [-0.2, -0.15) is 9.97 Å². The molecule has 21 nitrogen and oxygen atoms in total. The van der Waals surface area contributed by atoms with E-state index >= 15 is 0 Å². The van der Waals surface area contributed by atoms with Crippen LogP contribution in [0.5, 0.6) is 6.01 Å². The van der Waals surface area contributed by atoms with Crippen LogP contribution in [0, 0.1) is 5.92 Å². The minimum absolute atomic E-state index is 0.0252. The number of ether oxygens (including phenoxy) is 2. The van der Waals surface area contributed by atoms with Crippen LogP contribution < -0.4 is 47.3 Å². The van der Waals surface area contributed by atoms with Crippen LogP contribution in [0.3, 0.4) is 0 Å². The molecule has 7 amide bonds. The van der Waals surface area contributed by atoms with Crippen molar-refractivity contribution in [1.29, 1.82) is 0 Å². The van der Waals surface area contributed by atoms with Gasteiger partial charge in [0.1, 0.15) is 30.7 Å². The van der Waals surface area contributed by atoms with Gasteiger partial charge in [-0.15, -0.1) is 0 Å². The highest BCUT2D eigenvalue weighted by molar-refractivity contribution is 6.01. The summed E-state index contributed by atoms with van der Waals surface area (Å²) in [5.41, 5.74) is 8.98. The molecule has 8 N–H and O–H groups in total. The summed E-state index contributed by atoms with van der Waals surface area (Å²) in [6.07, 6.45) is 5.33. The number of hydrogen-bond acceptors (Lipinski definition) is 14. The van der Waals surface area contributed by atoms with E-state index in [0.717, 1.165) is 38.0 Å². The van der Waals surface area contributed by atoms with Gasteiger partial charge >= 0.3 is 18.0 Å². The largest absolute Gasteiger partial charge is 0.463 e. The van der Waals surface area contributed by atoms with Crippen molar-refractivity contribution >= 4 is 65.0 Å². The van der Waals surface area contributed by atoms with Gasteiger partial charge in [0, 0.05) is 51.1 Å². The number of likely N-dealkylation sites (tertiary alicyclic amines) is 1. The van der Waals surface area contributed by atoms with Gasteiger partial charge in [-0.25, -0.2) is 4.79 Å². The Morgan fingerprint density at radius 2 is 1.59 bits per heavy atom. The van der Waals surface area contributed by atoms with E-state index in [9.17, 15) is 38.4 Å². The lowest BCUT2D eigenvalue weighted by Gasteiger charge is -2.31. The third-order valence-corrected chi connectivity index (χ3v) is 11.7. The number of aldehydes is 1. The molecular weight excluding hydrogens is 915 g/mol. The molecule has 1 fully saturated rings. The van der Waals surface area contributed by atoms with Crippen LogP contribution in [0.2, 0.25) is 0 Å². The molecule has 3 aromatic rings. The van der Waals surface area contributed by atoms with Crippen LogP contribution in [0.25, 0.3) is 0 Å². The first-order chi connectivity index (χ1) is 34.2. The number of amides is 7. The molecule has 0 unspecified atom stereocenters. The highest BCUT2D eigenvalue weighted by Crippen LogP contribution is 2.34. The highest BCUT2D eigenvalue weighted by atomic mass is 16.5. The van der Waals surface area contributed by atoms with E-state index < -0.39 is 41.8 Å². The minimum atomic E-state index is -1.08. The predicted octanol–water partition coefficient (Wildman–Crippen LogP) is 3.38. The summed E-state index contributed by atoms with van der Waals surface area (Å²) in [5, 5.41) is 16.2. The smallest absolute Gasteiger partial charge is 0.318 e. The van der Waals surface area contributed by atoms with E-state index in [2.05, 4.69) is 53.9 Å². The van der Waals surface area contributed by atoms with E-state index in [1.165, 1.54) is 18.4 Å². The maximum atomic E-state index is 13.7. The van der Waals surface area contributed by atoms with Crippen molar-refractivity contribution in [1.82, 2.24) is 36.1 Å². The summed E-state index contributed by atoms with van der Waals surface area (Å²) in [6, 6.07) is 12.1. The third kappa shape index (κ3) is 18.6. The van der Waals surface area contributed by atoms with Crippen molar-refractivity contribution in [3.05, 3.63) is 70.9 Å². The molecule has 0 radical (unpaired) electrons. The van der Waals surface area contributed by atoms with E-state index in [-0.39, 0.29) is 101 Å². The molecule has 71 heavy (non-hydrogen) atoms. The Balaban J connectivity index is 1.20. The Kier molecular flexibility index (Phi) is 22.0. The van der Waals surface area contributed by atoms with Gasteiger partial charge in [-0.1, -0.05) is 63.6 Å². The van der Waals surface area contributed by atoms with Crippen LogP contribution in [0.1, 0.15) is 107 Å². The Morgan fingerprint density at radius 1 is 0.859 bits per heavy atom. The van der Waals surface area contributed by atoms with Crippen LogP contribution in [0.4, 0.5) is 22.0 Å². The van der Waals surface area contributed by atoms with Crippen molar-refractivity contribution in [3.8, 4) is 6.01 Å². The number of aromatic nitrogens is 2.